The van der Waals surface area contributed by atoms with Crippen molar-refractivity contribution >= 4 is 21.5 Å². The van der Waals surface area contributed by atoms with Crippen LogP contribution in [0.3, 0.4) is 0 Å². The monoisotopic (exact) mass is 208 g/mol. The Morgan fingerprint density at radius 2 is 0.812 bits per heavy atom. The second-order valence-electron chi connectivity index (χ2n) is 3.75. The van der Waals surface area contributed by atoms with Crippen LogP contribution in [-0.2, 0) is 0 Å². The fourth-order valence-electron chi connectivity index (χ4n) is 2.08. The van der Waals surface area contributed by atoms with Gasteiger partial charge in [-0.1, -0.05) is 48.5 Å². The molecule has 0 aliphatic rings. The molecule has 0 amide bonds. The van der Waals surface area contributed by atoms with E-state index in [1.807, 2.05) is 24.3 Å². The van der Waals surface area contributed by atoms with Gasteiger partial charge in [-0.25, -0.2) is 0 Å². The molecule has 0 radical (unpaired) electrons. The summed E-state index contributed by atoms with van der Waals surface area (Å²) in [5.74, 6) is -0.816. The predicted molar refractivity (Wildman–Crippen MR) is 60.3 cm³/mol. The average Bonchev–Trinajstić information content (AvgIpc) is 2.36. The van der Waals surface area contributed by atoms with Crippen LogP contribution in [0.25, 0.3) is 21.5 Å². The van der Waals surface area contributed by atoms with Crippen LogP contribution in [0.4, 0.5) is 0 Å². The van der Waals surface area contributed by atoms with E-state index in [1.54, 1.807) is 24.3 Å². The molecular formula is C14H8O2-2. The van der Waals surface area contributed by atoms with E-state index in [-0.39, 0.29) is 0 Å². The zero-order valence-corrected chi connectivity index (χ0v) is 8.44. The first kappa shape index (κ1) is 9.04. The molecule has 0 saturated carbocycles. The van der Waals surface area contributed by atoms with Crippen LogP contribution in [-0.4, -0.2) is 0 Å². The maximum Gasteiger partial charge on any atom is -0.0112 e. The predicted octanol–water partition coefficient (Wildman–Crippen LogP) is 2.14. The Kier molecular flexibility index (Phi) is 1.77. The molecule has 0 fully saturated rings. The number of fused-ring (bicyclic) bond motifs is 3. The molecule has 3 rings (SSSR count). The van der Waals surface area contributed by atoms with Crippen LogP contribution in [0.2, 0.25) is 0 Å². The van der Waals surface area contributed by atoms with E-state index in [0.717, 1.165) is 10.8 Å². The van der Waals surface area contributed by atoms with E-state index in [4.69, 9.17) is 0 Å². The molecule has 78 valence electrons. The lowest BCUT2D eigenvalue weighted by Crippen LogP contribution is -2.01. The van der Waals surface area contributed by atoms with Gasteiger partial charge in [0.15, 0.2) is 0 Å². The molecule has 0 aliphatic heterocycles. The molecule has 2 heteroatoms. The normalized spacial score (nSPS) is 11.0. The minimum Gasteiger partial charge on any atom is -0.872 e. The van der Waals surface area contributed by atoms with Crippen LogP contribution >= 0.6 is 0 Å². The third-order valence-electron chi connectivity index (χ3n) is 2.84. The third-order valence-corrected chi connectivity index (χ3v) is 2.84. The fraction of sp³-hybridized carbons (Fsp3) is 0. The highest BCUT2D eigenvalue weighted by Gasteiger charge is 2.01. The summed E-state index contributed by atoms with van der Waals surface area (Å²) < 4.78 is 0. The van der Waals surface area contributed by atoms with Gasteiger partial charge in [0.1, 0.15) is 0 Å². The first-order valence-corrected chi connectivity index (χ1v) is 5.06. The number of benzene rings is 3. The third kappa shape index (κ3) is 1.07. The molecule has 0 bridgehead atoms. The largest absolute Gasteiger partial charge is 0.872 e. The highest BCUT2D eigenvalue weighted by molar-refractivity contribution is 6.12. The first-order chi connectivity index (χ1) is 7.79. The summed E-state index contributed by atoms with van der Waals surface area (Å²) in [4.78, 5) is 0. The summed E-state index contributed by atoms with van der Waals surface area (Å²) in [5, 5.41) is 26.4. The van der Waals surface area contributed by atoms with Gasteiger partial charge in [-0.3, -0.25) is 0 Å². The number of hydrogen-bond donors (Lipinski definition) is 0. The van der Waals surface area contributed by atoms with Gasteiger partial charge in [0.05, 0.1) is 0 Å². The van der Waals surface area contributed by atoms with Gasteiger partial charge in [0.2, 0.25) is 0 Å². The summed E-state index contributed by atoms with van der Waals surface area (Å²) in [7, 11) is 0. The van der Waals surface area contributed by atoms with E-state index in [9.17, 15) is 10.2 Å². The van der Waals surface area contributed by atoms with Crippen molar-refractivity contribution in [2.45, 2.75) is 0 Å². The molecule has 3 aromatic rings. The van der Waals surface area contributed by atoms with Crippen molar-refractivity contribution in [2.24, 2.45) is 0 Å². The lowest BCUT2D eigenvalue weighted by atomic mass is 10.0. The molecule has 0 spiro atoms. The van der Waals surface area contributed by atoms with Crippen LogP contribution in [0.1, 0.15) is 0 Å². The number of rotatable bonds is 0. The molecular weight excluding hydrogens is 200 g/mol. The van der Waals surface area contributed by atoms with Crippen molar-refractivity contribution < 1.29 is 10.2 Å². The highest BCUT2D eigenvalue weighted by Crippen LogP contribution is 2.38. The molecule has 0 heterocycles. The van der Waals surface area contributed by atoms with Gasteiger partial charge in [-0.2, -0.15) is 0 Å². The molecule has 0 saturated heterocycles. The Bertz CT molecular complexity index is 626. The maximum atomic E-state index is 11.8. The lowest BCUT2D eigenvalue weighted by Gasteiger charge is -2.23. The average molecular weight is 208 g/mol. The smallest absolute Gasteiger partial charge is 0.0112 e. The molecule has 3 aromatic carbocycles. The highest BCUT2D eigenvalue weighted by atomic mass is 16.3. The second-order valence-corrected chi connectivity index (χ2v) is 3.75. The van der Waals surface area contributed by atoms with Crippen molar-refractivity contribution in [2.75, 3.05) is 0 Å². The van der Waals surface area contributed by atoms with Gasteiger partial charge >= 0.3 is 0 Å². The minimum atomic E-state index is -0.408. The minimum absolute atomic E-state index is 0.408. The van der Waals surface area contributed by atoms with Gasteiger partial charge in [0, 0.05) is 0 Å². The van der Waals surface area contributed by atoms with E-state index >= 15 is 0 Å². The maximum absolute atomic E-state index is 11.8. The summed E-state index contributed by atoms with van der Waals surface area (Å²) in [6, 6.07) is 14.4. The van der Waals surface area contributed by atoms with Gasteiger partial charge < -0.3 is 10.2 Å². The summed E-state index contributed by atoms with van der Waals surface area (Å²) in [6.07, 6.45) is 0. The van der Waals surface area contributed by atoms with E-state index in [2.05, 4.69) is 0 Å². The standard InChI is InChI=1S/C14H10O2/c15-13-11-7-3-1-5-9(11)10-6-2-4-8-12(10)14(13)16/h1-8,15-16H/p-2. The molecule has 0 unspecified atom stereocenters. The fourth-order valence-corrected chi connectivity index (χ4v) is 2.08. The van der Waals surface area contributed by atoms with Crippen LogP contribution < -0.4 is 10.2 Å². The van der Waals surface area contributed by atoms with Crippen LogP contribution in [0.5, 0.6) is 11.5 Å². The van der Waals surface area contributed by atoms with Crippen molar-refractivity contribution in [1.29, 1.82) is 0 Å². The molecule has 16 heavy (non-hydrogen) atoms. The Balaban J connectivity index is 2.69. The quantitative estimate of drug-likeness (QED) is 0.531. The SMILES string of the molecule is [O-]c1c([O-])c2ccccc2c2ccccc12. The molecule has 2 nitrogen and oxygen atoms in total. The van der Waals surface area contributed by atoms with Gasteiger partial charge in [-0.05, 0) is 21.5 Å². The van der Waals surface area contributed by atoms with Crippen molar-refractivity contribution in [1.82, 2.24) is 0 Å². The topological polar surface area (TPSA) is 46.1 Å². The van der Waals surface area contributed by atoms with Crippen molar-refractivity contribution in [3.63, 3.8) is 0 Å². The number of hydrogen-bond acceptors (Lipinski definition) is 2. The Labute approximate surface area is 92.4 Å². The molecule has 0 N–H and O–H groups in total. The molecule has 0 aromatic heterocycles. The summed E-state index contributed by atoms with van der Waals surface area (Å²) >= 11 is 0. The van der Waals surface area contributed by atoms with Crippen molar-refractivity contribution in [3.8, 4) is 11.5 Å². The molecule has 0 atom stereocenters. The lowest BCUT2D eigenvalue weighted by molar-refractivity contribution is -0.313. The first-order valence-electron chi connectivity index (χ1n) is 5.06. The molecule has 0 aliphatic carbocycles. The van der Waals surface area contributed by atoms with Crippen LogP contribution in [0, 0.1) is 0 Å². The van der Waals surface area contributed by atoms with E-state index in [0.29, 0.717) is 10.8 Å². The Hall–Kier alpha value is -2.22. The Morgan fingerprint density at radius 1 is 0.500 bits per heavy atom. The Morgan fingerprint density at radius 3 is 1.19 bits per heavy atom. The van der Waals surface area contributed by atoms with Crippen molar-refractivity contribution in [3.05, 3.63) is 48.5 Å². The van der Waals surface area contributed by atoms with E-state index < -0.39 is 11.5 Å². The second kappa shape index (κ2) is 3.14. The summed E-state index contributed by atoms with van der Waals surface area (Å²) in [5.41, 5.74) is 0. The zero-order chi connectivity index (χ0) is 11.1. The van der Waals surface area contributed by atoms with Gasteiger partial charge in [-0.15, -0.1) is 11.5 Å². The van der Waals surface area contributed by atoms with Crippen LogP contribution in [0.15, 0.2) is 48.5 Å². The zero-order valence-electron chi connectivity index (χ0n) is 8.44. The summed E-state index contributed by atoms with van der Waals surface area (Å²) in [6.45, 7) is 0. The van der Waals surface area contributed by atoms with E-state index in [1.165, 1.54) is 0 Å². The van der Waals surface area contributed by atoms with Gasteiger partial charge in [0.25, 0.3) is 0 Å².